The Bertz CT molecular complexity index is 1300. The molecule has 2 unspecified atom stereocenters. The van der Waals surface area contributed by atoms with Crippen molar-refractivity contribution in [2.45, 2.75) is 43.9 Å². The van der Waals surface area contributed by atoms with Crippen LogP contribution < -0.4 is 0 Å². The maximum absolute atomic E-state index is 10.3. The second kappa shape index (κ2) is 7.96. The zero-order chi connectivity index (χ0) is 21.7. The molecule has 1 N–H and O–H groups in total. The molecule has 1 aliphatic heterocycles. The number of fused-ring (bicyclic) bond motifs is 5. The van der Waals surface area contributed by atoms with E-state index in [0.29, 0.717) is 17.3 Å². The van der Waals surface area contributed by atoms with Gasteiger partial charge in [0.25, 0.3) is 0 Å². The number of thioether (sulfide) groups is 1. The molecular formula is C27H26N2O2S. The smallest absolute Gasteiger partial charge is 0.159 e. The molecule has 0 saturated carbocycles. The monoisotopic (exact) mass is 442 g/mol. The molecule has 0 saturated heterocycles. The summed E-state index contributed by atoms with van der Waals surface area (Å²) in [6.07, 6.45) is 12.7. The quantitative estimate of drug-likeness (QED) is 0.527. The zero-order valence-electron chi connectivity index (χ0n) is 18.2. The van der Waals surface area contributed by atoms with Crippen LogP contribution in [0.4, 0.5) is 0 Å². The van der Waals surface area contributed by atoms with E-state index >= 15 is 0 Å². The van der Waals surface area contributed by atoms with Gasteiger partial charge >= 0.3 is 0 Å². The highest BCUT2D eigenvalue weighted by Crippen LogP contribution is 2.40. The van der Waals surface area contributed by atoms with Crippen molar-refractivity contribution in [1.29, 1.82) is 0 Å². The number of aliphatic imine (C=N–C) groups is 2. The van der Waals surface area contributed by atoms with Crippen molar-refractivity contribution in [2.24, 2.45) is 15.9 Å². The number of para-hydroxylation sites is 1. The minimum absolute atomic E-state index is 0.132. The summed E-state index contributed by atoms with van der Waals surface area (Å²) in [6.45, 7) is 0. The van der Waals surface area contributed by atoms with Crippen LogP contribution in [0.25, 0.3) is 17.0 Å². The van der Waals surface area contributed by atoms with Crippen LogP contribution in [0.2, 0.25) is 0 Å². The third-order valence-corrected chi connectivity index (χ3v) is 7.82. The van der Waals surface area contributed by atoms with E-state index in [1.165, 1.54) is 27.8 Å². The van der Waals surface area contributed by atoms with E-state index in [0.717, 1.165) is 49.9 Å². The first-order valence-electron chi connectivity index (χ1n) is 11.4. The molecule has 0 fully saturated rings. The first-order valence-corrected chi connectivity index (χ1v) is 12.7. The maximum Gasteiger partial charge on any atom is 0.159 e. The number of benzene rings is 2. The average Bonchev–Trinajstić information content (AvgIpc) is 3.22. The van der Waals surface area contributed by atoms with Gasteiger partial charge < -0.3 is 9.52 Å². The number of rotatable bonds is 3. The summed E-state index contributed by atoms with van der Waals surface area (Å²) in [6, 6.07) is 11.7. The van der Waals surface area contributed by atoms with Gasteiger partial charge in [0.1, 0.15) is 22.5 Å². The molecule has 32 heavy (non-hydrogen) atoms. The predicted molar refractivity (Wildman–Crippen MR) is 133 cm³/mol. The number of hydrogen-bond donors (Lipinski definition) is 1. The fourth-order valence-corrected chi connectivity index (χ4v) is 5.91. The van der Waals surface area contributed by atoms with Crippen molar-refractivity contribution in [3.8, 4) is 5.75 Å². The van der Waals surface area contributed by atoms with E-state index in [4.69, 9.17) is 14.4 Å². The number of phenols is 1. The van der Waals surface area contributed by atoms with Gasteiger partial charge in [0.2, 0.25) is 0 Å². The van der Waals surface area contributed by atoms with Crippen LogP contribution in [0.5, 0.6) is 5.75 Å². The van der Waals surface area contributed by atoms with Crippen LogP contribution in [-0.2, 0) is 19.3 Å². The van der Waals surface area contributed by atoms with Gasteiger partial charge in [-0.1, -0.05) is 30.4 Å². The maximum atomic E-state index is 10.3. The summed E-state index contributed by atoms with van der Waals surface area (Å²) in [5.41, 5.74) is 7.15. The molecule has 2 heterocycles. The topological polar surface area (TPSA) is 58.1 Å². The van der Waals surface area contributed by atoms with Gasteiger partial charge in [0.15, 0.2) is 5.84 Å². The van der Waals surface area contributed by atoms with E-state index < -0.39 is 0 Å². The van der Waals surface area contributed by atoms with Crippen LogP contribution in [0.1, 0.15) is 47.3 Å². The SMILES string of the molecule is CSC1CC(C2CCc3c(oc4ccc5c(c34)CCC=C5)C2)=NC(c2ccccc2O)=N1. The molecule has 2 aromatic carbocycles. The number of allylic oxidation sites excluding steroid dienone is 1. The molecule has 6 rings (SSSR count). The molecule has 0 bridgehead atoms. The lowest BCUT2D eigenvalue weighted by Gasteiger charge is -2.27. The molecule has 2 atom stereocenters. The average molecular weight is 443 g/mol. The number of amidine groups is 1. The molecule has 0 amide bonds. The van der Waals surface area contributed by atoms with Crippen LogP contribution >= 0.6 is 11.8 Å². The summed E-state index contributed by atoms with van der Waals surface area (Å²) < 4.78 is 6.41. The first kappa shape index (κ1) is 19.9. The highest BCUT2D eigenvalue weighted by molar-refractivity contribution is 7.99. The van der Waals surface area contributed by atoms with E-state index in [-0.39, 0.29) is 11.1 Å². The third-order valence-electron chi connectivity index (χ3n) is 7.00. The number of hydrogen-bond acceptors (Lipinski definition) is 5. The van der Waals surface area contributed by atoms with Gasteiger partial charge in [-0.15, -0.1) is 11.8 Å². The van der Waals surface area contributed by atoms with E-state index in [1.54, 1.807) is 17.8 Å². The van der Waals surface area contributed by atoms with E-state index in [2.05, 4.69) is 30.5 Å². The first-order chi connectivity index (χ1) is 15.7. The molecule has 0 spiro atoms. The van der Waals surface area contributed by atoms with Crippen LogP contribution in [0.15, 0.2) is 56.9 Å². The fraction of sp³-hybridized carbons (Fsp3) is 0.333. The normalized spacial score (nSPS) is 22.3. The molecular weight excluding hydrogens is 416 g/mol. The van der Waals surface area contributed by atoms with Gasteiger partial charge in [-0.3, -0.25) is 4.99 Å². The van der Waals surface area contributed by atoms with Crippen molar-refractivity contribution >= 4 is 40.4 Å². The Balaban J connectivity index is 1.35. The summed E-state index contributed by atoms with van der Waals surface area (Å²) in [5, 5.41) is 11.8. The van der Waals surface area contributed by atoms with Crippen LogP contribution in [0.3, 0.4) is 0 Å². The van der Waals surface area contributed by atoms with E-state index in [9.17, 15) is 5.11 Å². The van der Waals surface area contributed by atoms with Crippen molar-refractivity contribution in [1.82, 2.24) is 0 Å². The summed E-state index contributed by atoms with van der Waals surface area (Å²) >= 11 is 1.74. The molecule has 1 aromatic heterocycles. The van der Waals surface area contributed by atoms with Crippen molar-refractivity contribution < 1.29 is 9.52 Å². The standard InChI is InChI=1S/C27H26N2O2S/c1-32-25-15-21(28-27(29-25)19-8-4-5-9-22(19)30)17-10-12-20-24(14-17)31-23-13-11-16-6-2-3-7-18(16)26(20)23/h2,4-6,8-9,11,13,17,25,30H,3,7,10,12,14-15H2,1H3. The fourth-order valence-electron chi connectivity index (χ4n) is 5.37. The van der Waals surface area contributed by atoms with E-state index in [1.807, 2.05) is 18.2 Å². The van der Waals surface area contributed by atoms with Crippen molar-refractivity contribution in [3.05, 3.63) is 70.5 Å². The number of nitrogens with zero attached hydrogens (tertiary/aromatic N) is 2. The molecule has 5 heteroatoms. The Kier molecular flexibility index (Phi) is 4.94. The largest absolute Gasteiger partial charge is 0.507 e. The molecule has 3 aromatic rings. The van der Waals surface area contributed by atoms with Gasteiger partial charge in [-0.05, 0) is 61.3 Å². The van der Waals surface area contributed by atoms with Crippen molar-refractivity contribution in [2.75, 3.05) is 6.26 Å². The second-order valence-electron chi connectivity index (χ2n) is 8.86. The van der Waals surface area contributed by atoms with Gasteiger partial charge in [0, 0.05) is 35.4 Å². The minimum atomic E-state index is 0.132. The predicted octanol–water partition coefficient (Wildman–Crippen LogP) is 6.18. The Morgan fingerprint density at radius 2 is 1.97 bits per heavy atom. The number of furan rings is 1. The number of phenolic OH excluding ortho intramolecular Hbond substituents is 1. The molecule has 2 aliphatic carbocycles. The van der Waals surface area contributed by atoms with Crippen LogP contribution in [-0.4, -0.2) is 28.3 Å². The lowest BCUT2D eigenvalue weighted by atomic mass is 9.81. The summed E-state index contributed by atoms with van der Waals surface area (Å²) in [4.78, 5) is 9.78. The number of aromatic hydroxyl groups is 1. The molecule has 0 radical (unpaired) electrons. The molecule has 162 valence electrons. The van der Waals surface area contributed by atoms with Gasteiger partial charge in [0.05, 0.1) is 5.56 Å². The van der Waals surface area contributed by atoms with Crippen molar-refractivity contribution in [3.63, 3.8) is 0 Å². The zero-order valence-corrected chi connectivity index (χ0v) is 19.0. The van der Waals surface area contributed by atoms with Gasteiger partial charge in [-0.25, -0.2) is 4.99 Å². The molecule has 4 nitrogen and oxygen atoms in total. The Hall–Kier alpha value is -2.79. The second-order valence-corrected chi connectivity index (χ2v) is 9.87. The highest BCUT2D eigenvalue weighted by atomic mass is 32.2. The van der Waals surface area contributed by atoms with Crippen LogP contribution in [0, 0.1) is 5.92 Å². The summed E-state index contributed by atoms with van der Waals surface area (Å²) in [7, 11) is 0. The highest BCUT2D eigenvalue weighted by Gasteiger charge is 2.32. The lowest BCUT2D eigenvalue weighted by Crippen LogP contribution is -2.28. The Labute approximate surface area is 192 Å². The third kappa shape index (κ3) is 3.30. The Morgan fingerprint density at radius 3 is 2.84 bits per heavy atom. The molecule has 3 aliphatic rings. The number of aryl methyl sites for hydroxylation is 2. The summed E-state index contributed by atoms with van der Waals surface area (Å²) in [5.74, 6) is 2.37. The van der Waals surface area contributed by atoms with Gasteiger partial charge in [-0.2, -0.15) is 0 Å². The minimum Gasteiger partial charge on any atom is -0.507 e. The Morgan fingerprint density at radius 1 is 1.06 bits per heavy atom. The lowest BCUT2D eigenvalue weighted by molar-refractivity contribution is 0.465.